The molecule has 0 bridgehead atoms. The standard InChI is InChI=1S/C46H35IN2/c47-30-13-2-1-6-16-36-37-17-7-9-20-40(37)44(41-21-10-8-18-38(36)41)32-23-26-35(27-24-32)49-43-22-12-11-19-39(43)42-28-25-33-29-31-48(45(33)46(42)49)34-14-4-3-5-15-34/h1-15,17-29,31,37,40H,16,30H2/b6-1-,13-2-. The summed E-state index contributed by atoms with van der Waals surface area (Å²) in [6.45, 7) is 0. The van der Waals surface area contributed by atoms with Gasteiger partial charge in [0.2, 0.25) is 0 Å². The molecule has 49 heavy (non-hydrogen) atoms. The molecule has 0 aliphatic heterocycles. The Kier molecular flexibility index (Phi) is 7.78. The van der Waals surface area contributed by atoms with Gasteiger partial charge in [-0.15, -0.1) is 0 Å². The highest BCUT2D eigenvalue weighted by atomic mass is 127. The van der Waals surface area contributed by atoms with E-state index in [9.17, 15) is 0 Å². The molecular weight excluding hydrogens is 707 g/mol. The second-order valence-corrected chi connectivity index (χ2v) is 13.7. The van der Waals surface area contributed by atoms with Crippen molar-refractivity contribution in [2.75, 3.05) is 4.43 Å². The fraction of sp³-hybridized carbons (Fsp3) is 0.0870. The average molecular weight is 743 g/mol. The van der Waals surface area contributed by atoms with Gasteiger partial charge in [0.15, 0.2) is 0 Å². The van der Waals surface area contributed by atoms with Crippen LogP contribution in [-0.4, -0.2) is 13.6 Å². The van der Waals surface area contributed by atoms with Crippen LogP contribution < -0.4 is 10.4 Å². The van der Waals surface area contributed by atoms with E-state index in [2.05, 4.69) is 208 Å². The molecule has 2 heterocycles. The van der Waals surface area contributed by atoms with Gasteiger partial charge in [-0.3, -0.25) is 0 Å². The highest BCUT2D eigenvalue weighted by molar-refractivity contribution is 14.1. The number of allylic oxidation sites excluding steroid dienone is 8. The number of para-hydroxylation sites is 2. The minimum Gasteiger partial charge on any atom is -0.315 e. The number of rotatable bonds is 7. The van der Waals surface area contributed by atoms with Gasteiger partial charge in [0.25, 0.3) is 0 Å². The van der Waals surface area contributed by atoms with E-state index in [1.54, 1.807) is 0 Å². The fourth-order valence-corrected chi connectivity index (χ4v) is 8.40. The number of hydrogen-bond donors (Lipinski definition) is 0. The van der Waals surface area contributed by atoms with E-state index in [1.807, 2.05) is 0 Å². The average Bonchev–Trinajstić information content (AvgIpc) is 3.74. The number of benzene rings is 5. The van der Waals surface area contributed by atoms with Crippen LogP contribution in [0.1, 0.15) is 12.0 Å². The van der Waals surface area contributed by atoms with Crippen molar-refractivity contribution in [1.29, 1.82) is 0 Å². The summed E-state index contributed by atoms with van der Waals surface area (Å²) in [5.41, 5.74) is 10.2. The second-order valence-electron chi connectivity index (χ2n) is 12.8. The Morgan fingerprint density at radius 1 is 0.592 bits per heavy atom. The number of aromatic nitrogens is 2. The summed E-state index contributed by atoms with van der Waals surface area (Å²) < 4.78 is 5.83. The van der Waals surface area contributed by atoms with Crippen molar-refractivity contribution in [3.8, 4) is 11.4 Å². The lowest BCUT2D eigenvalue weighted by Gasteiger charge is -2.33. The van der Waals surface area contributed by atoms with Crippen molar-refractivity contribution >= 4 is 66.4 Å². The normalized spacial score (nSPS) is 17.2. The van der Waals surface area contributed by atoms with Crippen LogP contribution >= 0.6 is 22.6 Å². The van der Waals surface area contributed by atoms with Crippen LogP contribution in [-0.2, 0) is 0 Å². The summed E-state index contributed by atoms with van der Waals surface area (Å²) in [5, 5.41) is 6.49. The van der Waals surface area contributed by atoms with E-state index in [4.69, 9.17) is 0 Å². The zero-order valence-corrected chi connectivity index (χ0v) is 29.2. The SMILES string of the molecule is IC/C=C\C=C/CC1=c2ccccc2=C(c2ccc(-n3c4ccccc4c4ccc5ccn(-c6ccccc6)c5c43)cc2)C2C=CC=CC12. The van der Waals surface area contributed by atoms with Crippen molar-refractivity contribution in [2.45, 2.75) is 6.42 Å². The Labute approximate surface area is 300 Å². The summed E-state index contributed by atoms with van der Waals surface area (Å²) in [7, 11) is 0. The third-order valence-electron chi connectivity index (χ3n) is 10.2. The monoisotopic (exact) mass is 742 g/mol. The zero-order valence-electron chi connectivity index (χ0n) is 27.1. The first kappa shape index (κ1) is 30.0. The molecule has 2 atom stereocenters. The number of halogens is 1. The molecular formula is C46H35IN2. The Hall–Kier alpha value is -5.13. The van der Waals surface area contributed by atoms with E-state index in [1.165, 1.54) is 65.5 Å². The Morgan fingerprint density at radius 3 is 2.16 bits per heavy atom. The molecule has 2 aliphatic rings. The minimum absolute atomic E-state index is 0.293. The topological polar surface area (TPSA) is 9.86 Å². The second kappa shape index (κ2) is 12.7. The summed E-state index contributed by atoms with van der Waals surface area (Å²) in [4.78, 5) is 0. The van der Waals surface area contributed by atoms with Crippen molar-refractivity contribution < 1.29 is 0 Å². The quantitative estimate of drug-likeness (QED) is 0.0875. The summed E-state index contributed by atoms with van der Waals surface area (Å²) in [6.07, 6.45) is 21.3. The lowest BCUT2D eigenvalue weighted by atomic mass is 9.71. The van der Waals surface area contributed by atoms with Crippen LogP contribution in [0, 0.1) is 11.8 Å². The van der Waals surface area contributed by atoms with Crippen LogP contribution in [0.5, 0.6) is 0 Å². The van der Waals surface area contributed by atoms with Gasteiger partial charge in [0.1, 0.15) is 0 Å². The van der Waals surface area contributed by atoms with E-state index >= 15 is 0 Å². The van der Waals surface area contributed by atoms with Crippen molar-refractivity contribution in [2.24, 2.45) is 11.8 Å². The summed E-state index contributed by atoms with van der Waals surface area (Å²) >= 11 is 2.39. The predicted molar refractivity (Wildman–Crippen MR) is 216 cm³/mol. The molecule has 0 fully saturated rings. The Balaban J connectivity index is 1.24. The molecule has 5 aromatic carbocycles. The van der Waals surface area contributed by atoms with Crippen LogP contribution in [0.25, 0.3) is 55.2 Å². The molecule has 2 unspecified atom stereocenters. The molecule has 7 aromatic rings. The third kappa shape index (κ3) is 5.07. The highest BCUT2D eigenvalue weighted by Gasteiger charge is 2.30. The largest absolute Gasteiger partial charge is 0.315 e. The molecule has 9 rings (SSSR count). The van der Waals surface area contributed by atoms with E-state index in [-0.39, 0.29) is 0 Å². The minimum atomic E-state index is 0.293. The fourth-order valence-electron chi connectivity index (χ4n) is 8.11. The van der Waals surface area contributed by atoms with Crippen molar-refractivity contribution in [3.63, 3.8) is 0 Å². The Bertz CT molecular complexity index is 2610. The van der Waals surface area contributed by atoms with E-state index < -0.39 is 0 Å². The maximum absolute atomic E-state index is 2.46. The van der Waals surface area contributed by atoms with Gasteiger partial charge in [-0.05, 0) is 64.4 Å². The number of hydrogen-bond acceptors (Lipinski definition) is 0. The number of alkyl halides is 1. The lowest BCUT2D eigenvalue weighted by Crippen LogP contribution is -2.39. The first-order valence-corrected chi connectivity index (χ1v) is 18.6. The molecule has 0 radical (unpaired) electrons. The van der Waals surface area contributed by atoms with Gasteiger partial charge >= 0.3 is 0 Å². The summed E-state index contributed by atoms with van der Waals surface area (Å²) in [6, 6.07) is 44.6. The maximum atomic E-state index is 2.46. The van der Waals surface area contributed by atoms with E-state index in [0.717, 1.165) is 16.5 Å². The van der Waals surface area contributed by atoms with Gasteiger partial charge < -0.3 is 9.13 Å². The molecule has 236 valence electrons. The molecule has 0 amide bonds. The molecule has 0 spiro atoms. The van der Waals surface area contributed by atoms with Gasteiger partial charge in [0.05, 0.1) is 16.6 Å². The smallest absolute Gasteiger partial charge is 0.0788 e. The first-order valence-electron chi connectivity index (χ1n) is 17.1. The number of fused-ring (bicyclic) bond motifs is 7. The van der Waals surface area contributed by atoms with Gasteiger partial charge in [0, 0.05) is 50.0 Å². The highest BCUT2D eigenvalue weighted by Crippen LogP contribution is 2.41. The van der Waals surface area contributed by atoms with Crippen molar-refractivity contribution in [1.82, 2.24) is 9.13 Å². The van der Waals surface area contributed by atoms with Crippen molar-refractivity contribution in [3.05, 3.63) is 192 Å². The first-order chi connectivity index (χ1) is 24.3. The molecule has 0 saturated carbocycles. The maximum Gasteiger partial charge on any atom is 0.0788 e. The molecule has 0 saturated heterocycles. The molecule has 2 aromatic heterocycles. The van der Waals surface area contributed by atoms with Gasteiger partial charge in [-0.2, -0.15) is 0 Å². The lowest BCUT2D eigenvalue weighted by molar-refractivity contribution is 0.674. The third-order valence-corrected chi connectivity index (χ3v) is 10.7. The summed E-state index contributed by atoms with van der Waals surface area (Å²) in [5.74, 6) is 0.630. The van der Waals surface area contributed by atoms with Gasteiger partial charge in [-0.1, -0.05) is 162 Å². The molecule has 2 nitrogen and oxygen atoms in total. The Morgan fingerprint density at radius 2 is 1.33 bits per heavy atom. The molecule has 0 N–H and O–H groups in total. The molecule has 3 heteroatoms. The van der Waals surface area contributed by atoms with Gasteiger partial charge in [-0.25, -0.2) is 0 Å². The predicted octanol–water partition coefficient (Wildman–Crippen LogP) is 10.4. The zero-order chi connectivity index (χ0) is 32.7. The number of nitrogens with zero attached hydrogens (tertiary/aromatic N) is 2. The van der Waals surface area contributed by atoms with Crippen LogP contribution in [0.3, 0.4) is 0 Å². The van der Waals surface area contributed by atoms with Crippen LogP contribution in [0.15, 0.2) is 176 Å². The molecule has 2 aliphatic carbocycles. The van der Waals surface area contributed by atoms with Crippen LogP contribution in [0.2, 0.25) is 0 Å². The van der Waals surface area contributed by atoms with Crippen LogP contribution in [0.4, 0.5) is 0 Å². The van der Waals surface area contributed by atoms with E-state index in [0.29, 0.717) is 11.8 Å².